The Balaban J connectivity index is 0. The summed E-state index contributed by atoms with van der Waals surface area (Å²) in [5, 5.41) is 0. The number of aryl methyl sites for hydroxylation is 4. The first kappa shape index (κ1) is 96.9. The Bertz CT molecular complexity index is 1880. The summed E-state index contributed by atoms with van der Waals surface area (Å²) in [6, 6.07) is 15.2. The van der Waals surface area contributed by atoms with Crippen LogP contribution in [0.15, 0.2) is 48.0 Å². The van der Waals surface area contributed by atoms with E-state index in [2.05, 4.69) is 115 Å². The first-order valence-electron chi connectivity index (χ1n) is 43.9. The molecule has 0 radical (unpaired) electrons. The zero-order chi connectivity index (χ0) is 69.8. The third-order valence-corrected chi connectivity index (χ3v) is 20.5. The van der Waals surface area contributed by atoms with Gasteiger partial charge < -0.3 is 19.4 Å². The van der Waals surface area contributed by atoms with Crippen molar-refractivity contribution in [1.29, 1.82) is 0 Å². The van der Waals surface area contributed by atoms with Gasteiger partial charge in [0.05, 0.1) is 5.57 Å². The molecule has 2 nitrogen and oxygen atoms in total. The Hall–Kier alpha value is -2.17. The first-order valence-corrected chi connectivity index (χ1v) is 43.9. The smallest absolute Gasteiger partial charge is 0.348 e. The summed E-state index contributed by atoms with van der Waals surface area (Å²) in [5.41, 5.74) is 20.9. The second kappa shape index (κ2) is 81.1. The van der Waals surface area contributed by atoms with Crippen LogP contribution in [-0.4, -0.2) is 10.7 Å². The molecular formula is C94H170N2Ni. The van der Waals surface area contributed by atoms with Crippen LogP contribution in [-0.2, 0) is 42.2 Å². The fourth-order valence-corrected chi connectivity index (χ4v) is 14.1. The molecule has 0 aliphatic rings. The molecule has 0 saturated carbocycles. The van der Waals surface area contributed by atoms with E-state index < -0.39 is 0 Å². The fraction of sp³-hybridized carbons (Fsp3) is 0.809. The van der Waals surface area contributed by atoms with Gasteiger partial charge in [0, 0.05) is 0 Å². The maximum Gasteiger partial charge on any atom is 2.00 e. The molecule has 0 aliphatic heterocycles. The van der Waals surface area contributed by atoms with Crippen LogP contribution in [0, 0.1) is 13.8 Å². The summed E-state index contributed by atoms with van der Waals surface area (Å²) in [6.45, 7) is 23.7. The molecule has 2 aromatic rings. The van der Waals surface area contributed by atoms with E-state index >= 15 is 0 Å². The number of allylic oxidation sites excluding steroid dienone is 2. The minimum Gasteiger partial charge on any atom is -0.348 e. The zero-order valence-electron chi connectivity index (χ0n) is 67.0. The minimum atomic E-state index is 0. The second-order valence-electron chi connectivity index (χ2n) is 30.3. The van der Waals surface area contributed by atoms with Crippen molar-refractivity contribution in [3.63, 3.8) is 0 Å². The van der Waals surface area contributed by atoms with Crippen molar-refractivity contribution >= 4 is 11.4 Å². The van der Waals surface area contributed by atoms with E-state index in [-0.39, 0.29) is 16.5 Å². The van der Waals surface area contributed by atoms with Crippen molar-refractivity contribution in [3.05, 3.63) is 101 Å². The molecule has 0 aliphatic carbocycles. The largest absolute Gasteiger partial charge is 2.00 e. The first-order chi connectivity index (χ1) is 47.4. The second-order valence-corrected chi connectivity index (χ2v) is 30.3. The topological polar surface area (TPSA) is 36.4 Å². The maximum atomic E-state index is 9.96. The average Bonchev–Trinajstić information content (AvgIpc) is 0.833. The maximum absolute atomic E-state index is 9.96. The van der Waals surface area contributed by atoms with Gasteiger partial charge in [-0.1, -0.05) is 451 Å². The third kappa shape index (κ3) is 66.8. The summed E-state index contributed by atoms with van der Waals surface area (Å²) in [5.74, 6) is 3.08. The summed E-state index contributed by atoms with van der Waals surface area (Å²) >= 11 is 0. The Morgan fingerprint density at radius 2 is 0.474 bits per heavy atom. The van der Waals surface area contributed by atoms with Crippen LogP contribution in [0.5, 0.6) is 0 Å². The Kier molecular flexibility index (Phi) is 81.0. The normalized spacial score (nSPS) is 11.2. The van der Waals surface area contributed by atoms with E-state index in [1.807, 2.05) is 0 Å². The molecule has 0 spiro atoms. The van der Waals surface area contributed by atoms with Crippen molar-refractivity contribution in [2.45, 2.75) is 492 Å². The number of hydrogen-bond donors (Lipinski definition) is 0. The SMILES string of the molecule is CCCCCCCCCCCCCCCCCCCCc1cc(CCCCCCCCCCCCCCCCCCCC)cc(C(=CC(=C=[N+]=[N-])CCCCCCCC)c2cc(CCCC)cc(CCCC)c2)c1.[CH2-]CCCCCCCCCC.[CH2-]CCCCCCCCCC.[Ni+2]. The monoisotopic (exact) mass is 1390 g/mol. The summed E-state index contributed by atoms with van der Waals surface area (Å²) < 4.78 is 0. The van der Waals surface area contributed by atoms with Crippen molar-refractivity contribution in [2.24, 2.45) is 0 Å². The summed E-state index contributed by atoms with van der Waals surface area (Å²) in [4.78, 5) is 3.55. The molecule has 0 saturated heterocycles. The molecule has 0 aromatic heterocycles. The Morgan fingerprint density at radius 1 is 0.278 bits per heavy atom. The molecule has 0 atom stereocenters. The van der Waals surface area contributed by atoms with Crippen LogP contribution in [0.1, 0.15) is 499 Å². The van der Waals surface area contributed by atoms with Gasteiger partial charge in [0.15, 0.2) is 0 Å². The molecule has 97 heavy (non-hydrogen) atoms. The van der Waals surface area contributed by atoms with Gasteiger partial charge in [0.25, 0.3) is 0 Å². The van der Waals surface area contributed by atoms with Crippen molar-refractivity contribution in [2.75, 3.05) is 0 Å². The van der Waals surface area contributed by atoms with Crippen LogP contribution in [0.2, 0.25) is 0 Å². The van der Waals surface area contributed by atoms with E-state index in [0.717, 1.165) is 56.9 Å². The standard InChI is InChI=1S/C72H124N2.2C11H23.Ni/c1-6-11-16-19-22-24-26-28-30-32-34-36-38-40-42-44-47-49-54-67-58-68(55-50-48-45-43-41-39-37-35-33-31-29-27-25-23-20-17-12-7-2)62-71(61-67)72(63-69(64-74-73)56-51-46-21-18-13-8-3)70-59-65(52-14-9-4)57-66(60-70)53-15-10-5;2*1-3-5-7-9-11-10-8-6-4-2;/h57-63H,6-56H2,1-5H3;2*1,3-11H2,2H3;/q;2*-1;+2. The van der Waals surface area contributed by atoms with Crippen LogP contribution >= 0.6 is 0 Å². The van der Waals surface area contributed by atoms with Gasteiger partial charge in [-0.3, -0.25) is 0 Å². The van der Waals surface area contributed by atoms with E-state index in [0.29, 0.717) is 0 Å². The van der Waals surface area contributed by atoms with Gasteiger partial charge in [0.2, 0.25) is 0 Å². The molecule has 566 valence electrons. The fourth-order valence-electron chi connectivity index (χ4n) is 14.1. The van der Waals surface area contributed by atoms with Crippen LogP contribution in [0.4, 0.5) is 0 Å². The summed E-state index contributed by atoms with van der Waals surface area (Å²) in [7, 11) is 0. The molecule has 3 heteroatoms. The zero-order valence-corrected chi connectivity index (χ0v) is 67.9. The van der Waals surface area contributed by atoms with Crippen LogP contribution in [0.3, 0.4) is 0 Å². The van der Waals surface area contributed by atoms with Gasteiger partial charge in [-0.2, -0.15) is 12.8 Å². The van der Waals surface area contributed by atoms with Gasteiger partial charge in [-0.25, -0.2) is 0 Å². The molecule has 0 fully saturated rings. The molecule has 0 bridgehead atoms. The molecule has 0 unspecified atom stereocenters. The quantitative estimate of drug-likeness (QED) is 0.0120. The Labute approximate surface area is 621 Å². The predicted octanol–water partition coefficient (Wildman–Crippen LogP) is 33.2. The van der Waals surface area contributed by atoms with Crippen LogP contribution < -0.4 is 0 Å². The molecule has 2 rings (SSSR count). The number of hydrogen-bond acceptors (Lipinski definition) is 0. The molecule has 0 amide bonds. The molecular weight excluding hydrogens is 1220 g/mol. The molecule has 2 aromatic carbocycles. The van der Waals surface area contributed by atoms with Gasteiger partial charge >= 0.3 is 22.4 Å². The van der Waals surface area contributed by atoms with E-state index in [9.17, 15) is 5.53 Å². The number of unbranched alkanes of at least 4 members (excludes halogenated alkanes) is 57. The minimum absolute atomic E-state index is 0. The third-order valence-electron chi connectivity index (χ3n) is 20.5. The summed E-state index contributed by atoms with van der Waals surface area (Å²) in [6.07, 6.45) is 95.9. The van der Waals surface area contributed by atoms with Gasteiger partial charge in [0.1, 0.15) is 0 Å². The number of nitrogens with zero attached hydrogens (tertiary/aromatic N) is 2. The van der Waals surface area contributed by atoms with Crippen molar-refractivity contribution in [1.82, 2.24) is 0 Å². The van der Waals surface area contributed by atoms with E-state index in [1.54, 1.807) is 0 Å². The number of benzene rings is 2. The molecule has 0 heterocycles. The van der Waals surface area contributed by atoms with Gasteiger partial charge in [-0.05, 0) is 109 Å². The molecule has 0 N–H and O–H groups in total. The van der Waals surface area contributed by atoms with Crippen LogP contribution in [0.25, 0.3) is 11.1 Å². The van der Waals surface area contributed by atoms with E-state index in [1.165, 1.54) is 431 Å². The van der Waals surface area contributed by atoms with E-state index in [4.69, 9.17) is 0 Å². The average molecular weight is 1390 g/mol. The predicted molar refractivity (Wildman–Crippen MR) is 437 cm³/mol. The van der Waals surface area contributed by atoms with Crippen molar-refractivity contribution < 1.29 is 21.3 Å². The number of rotatable bonds is 70. The van der Waals surface area contributed by atoms with Gasteiger partial charge in [-0.15, -0.1) is 4.79 Å². The van der Waals surface area contributed by atoms with Crippen molar-refractivity contribution in [3.8, 4) is 0 Å². The Morgan fingerprint density at radius 3 is 0.691 bits per heavy atom.